The maximum absolute atomic E-state index is 12.0. The van der Waals surface area contributed by atoms with Crippen molar-refractivity contribution in [3.8, 4) is 22.8 Å². The van der Waals surface area contributed by atoms with Crippen molar-refractivity contribution in [2.75, 3.05) is 6.79 Å². The summed E-state index contributed by atoms with van der Waals surface area (Å²) >= 11 is 1.63. The Morgan fingerprint density at radius 2 is 1.85 bits per heavy atom. The van der Waals surface area contributed by atoms with Crippen LogP contribution in [0.1, 0.15) is 11.1 Å². The van der Waals surface area contributed by atoms with Gasteiger partial charge in [0.15, 0.2) is 11.5 Å². The summed E-state index contributed by atoms with van der Waals surface area (Å²) in [5.74, 6) is 1.44. The third kappa shape index (κ3) is 3.78. The smallest absolute Gasteiger partial charge is 0.315 e. The summed E-state index contributed by atoms with van der Waals surface area (Å²) in [7, 11) is 0. The molecule has 0 saturated heterocycles. The maximum atomic E-state index is 12.0. The number of nitrogens with one attached hydrogen (secondary N) is 2. The molecule has 132 valence electrons. The molecule has 0 atom stereocenters. The zero-order valence-electron chi connectivity index (χ0n) is 13.9. The first-order valence-electron chi connectivity index (χ1n) is 8.16. The van der Waals surface area contributed by atoms with Gasteiger partial charge in [-0.1, -0.05) is 6.07 Å². The maximum Gasteiger partial charge on any atom is 0.315 e. The quantitative estimate of drug-likeness (QED) is 0.723. The van der Waals surface area contributed by atoms with Crippen molar-refractivity contribution in [1.82, 2.24) is 15.6 Å². The van der Waals surface area contributed by atoms with Gasteiger partial charge in [0.2, 0.25) is 6.79 Å². The first-order chi connectivity index (χ1) is 12.8. The molecule has 0 radical (unpaired) electrons. The van der Waals surface area contributed by atoms with E-state index in [-0.39, 0.29) is 12.8 Å². The summed E-state index contributed by atoms with van der Waals surface area (Å²) in [5.41, 5.74) is 3.95. The molecule has 0 bridgehead atoms. The van der Waals surface area contributed by atoms with Gasteiger partial charge in [0.25, 0.3) is 0 Å². The number of hydrogen-bond acceptors (Lipinski definition) is 5. The van der Waals surface area contributed by atoms with Crippen molar-refractivity contribution in [3.05, 3.63) is 64.5 Å². The van der Waals surface area contributed by atoms with Crippen LogP contribution in [0.3, 0.4) is 0 Å². The van der Waals surface area contributed by atoms with E-state index in [2.05, 4.69) is 21.0 Å². The highest BCUT2D eigenvalue weighted by atomic mass is 32.1. The van der Waals surface area contributed by atoms with Crippen LogP contribution >= 0.6 is 11.3 Å². The van der Waals surface area contributed by atoms with Crippen molar-refractivity contribution >= 4 is 17.4 Å². The van der Waals surface area contributed by atoms with Crippen LogP contribution in [-0.2, 0) is 13.1 Å². The van der Waals surface area contributed by atoms with Gasteiger partial charge in [-0.25, -0.2) is 4.79 Å². The van der Waals surface area contributed by atoms with Gasteiger partial charge in [-0.2, -0.15) is 11.3 Å². The average Bonchev–Trinajstić information content (AvgIpc) is 3.36. The Hall–Kier alpha value is -3.06. The van der Waals surface area contributed by atoms with Gasteiger partial charge in [0.1, 0.15) is 0 Å². The molecule has 2 aromatic heterocycles. The SMILES string of the molecule is O=C(NCc1ccnc(-c2ccsc2)c1)NCc1ccc2c(c1)OCO2. The van der Waals surface area contributed by atoms with Crippen LogP contribution in [0.25, 0.3) is 11.3 Å². The monoisotopic (exact) mass is 367 g/mol. The van der Waals surface area contributed by atoms with Gasteiger partial charge < -0.3 is 20.1 Å². The van der Waals surface area contributed by atoms with Crippen molar-refractivity contribution in [2.24, 2.45) is 0 Å². The highest BCUT2D eigenvalue weighted by Gasteiger charge is 2.13. The molecule has 3 heterocycles. The number of urea groups is 1. The predicted molar refractivity (Wildman–Crippen MR) is 99.2 cm³/mol. The second-order valence-corrected chi connectivity index (χ2v) is 6.57. The van der Waals surface area contributed by atoms with Crippen molar-refractivity contribution in [1.29, 1.82) is 0 Å². The van der Waals surface area contributed by atoms with Crippen LogP contribution in [0, 0.1) is 0 Å². The number of nitrogens with zero attached hydrogens (tertiary/aromatic N) is 1. The molecule has 7 heteroatoms. The largest absolute Gasteiger partial charge is 0.454 e. The molecule has 0 fully saturated rings. The number of hydrogen-bond donors (Lipinski definition) is 2. The molecule has 0 unspecified atom stereocenters. The minimum Gasteiger partial charge on any atom is -0.454 e. The summed E-state index contributed by atoms with van der Waals surface area (Å²) in [6.07, 6.45) is 1.76. The van der Waals surface area contributed by atoms with Gasteiger partial charge in [0, 0.05) is 30.2 Å². The molecule has 1 aromatic carbocycles. The molecule has 3 aromatic rings. The number of pyridine rings is 1. The molecular weight excluding hydrogens is 350 g/mol. The average molecular weight is 367 g/mol. The molecule has 0 aliphatic carbocycles. The van der Waals surface area contributed by atoms with Crippen molar-refractivity contribution in [3.63, 3.8) is 0 Å². The van der Waals surface area contributed by atoms with Crippen LogP contribution < -0.4 is 20.1 Å². The van der Waals surface area contributed by atoms with Crippen molar-refractivity contribution in [2.45, 2.75) is 13.1 Å². The van der Waals surface area contributed by atoms with Gasteiger partial charge in [-0.05, 0) is 46.8 Å². The summed E-state index contributed by atoms with van der Waals surface area (Å²) in [6.45, 7) is 1.09. The first-order valence-corrected chi connectivity index (χ1v) is 9.10. The first kappa shape index (κ1) is 16.4. The topological polar surface area (TPSA) is 72.5 Å². The minimum absolute atomic E-state index is 0.225. The van der Waals surface area contributed by atoms with Gasteiger partial charge in [-0.15, -0.1) is 0 Å². The van der Waals surface area contributed by atoms with E-state index in [0.29, 0.717) is 18.8 Å². The Labute approximate surface area is 154 Å². The Balaban J connectivity index is 1.30. The second-order valence-electron chi connectivity index (χ2n) is 5.79. The fourth-order valence-corrected chi connectivity index (χ4v) is 3.28. The lowest BCUT2D eigenvalue weighted by molar-refractivity contribution is 0.174. The number of carbonyl (C=O) groups excluding carboxylic acids is 1. The van der Waals surface area contributed by atoms with Gasteiger partial charge >= 0.3 is 6.03 Å². The van der Waals surface area contributed by atoms with E-state index in [1.165, 1.54) is 0 Å². The Kier molecular flexibility index (Phi) is 4.70. The van der Waals surface area contributed by atoms with Gasteiger partial charge in [0.05, 0.1) is 5.69 Å². The van der Waals surface area contributed by atoms with Crippen molar-refractivity contribution < 1.29 is 14.3 Å². The molecule has 1 aliphatic rings. The number of thiophene rings is 1. The fourth-order valence-electron chi connectivity index (χ4n) is 2.63. The summed E-state index contributed by atoms with van der Waals surface area (Å²) in [4.78, 5) is 16.4. The van der Waals surface area contributed by atoms with Crippen LogP contribution in [0.4, 0.5) is 4.79 Å². The van der Waals surface area contributed by atoms with Crippen LogP contribution in [0.2, 0.25) is 0 Å². The minimum atomic E-state index is -0.225. The van der Waals surface area contributed by atoms with Crippen LogP contribution in [0.15, 0.2) is 53.4 Å². The normalized spacial score (nSPS) is 12.0. The zero-order valence-corrected chi connectivity index (χ0v) is 14.7. The standard InChI is InChI=1S/C19H17N3O3S/c23-19(21-9-13-1-2-17-18(8-13)25-12-24-17)22-10-14-3-5-20-16(7-14)15-4-6-26-11-15/h1-8,11H,9-10,12H2,(H2,21,22,23). The molecule has 2 N–H and O–H groups in total. The lowest BCUT2D eigenvalue weighted by Gasteiger charge is -2.09. The molecule has 2 amide bonds. The lowest BCUT2D eigenvalue weighted by Crippen LogP contribution is -2.34. The molecule has 6 nitrogen and oxygen atoms in total. The Bertz CT molecular complexity index is 912. The van der Waals surface area contributed by atoms with E-state index < -0.39 is 0 Å². The molecule has 0 spiro atoms. The van der Waals surface area contributed by atoms with E-state index in [9.17, 15) is 4.79 Å². The summed E-state index contributed by atoms with van der Waals surface area (Å²) < 4.78 is 10.6. The fraction of sp³-hybridized carbons (Fsp3) is 0.158. The number of carbonyl (C=O) groups is 1. The number of rotatable bonds is 5. The van der Waals surface area contributed by atoms with E-state index >= 15 is 0 Å². The molecule has 1 aliphatic heterocycles. The Morgan fingerprint density at radius 3 is 2.65 bits per heavy atom. The van der Waals surface area contributed by atoms with E-state index in [1.807, 2.05) is 41.8 Å². The summed E-state index contributed by atoms with van der Waals surface area (Å²) in [5, 5.41) is 9.78. The lowest BCUT2D eigenvalue weighted by atomic mass is 10.1. The summed E-state index contributed by atoms with van der Waals surface area (Å²) in [6, 6.07) is 11.3. The number of aromatic nitrogens is 1. The third-order valence-corrected chi connectivity index (χ3v) is 4.67. The molecule has 0 saturated carbocycles. The number of ether oxygens (including phenoxy) is 2. The van der Waals surface area contributed by atoms with Crippen LogP contribution in [-0.4, -0.2) is 17.8 Å². The predicted octanol–water partition coefficient (Wildman–Crippen LogP) is 3.54. The molecular formula is C19H17N3O3S. The highest BCUT2D eigenvalue weighted by molar-refractivity contribution is 7.08. The zero-order chi connectivity index (χ0) is 17.8. The number of amides is 2. The van der Waals surface area contributed by atoms with E-state index in [0.717, 1.165) is 28.1 Å². The van der Waals surface area contributed by atoms with E-state index in [1.54, 1.807) is 17.5 Å². The molecule has 4 rings (SSSR count). The number of benzene rings is 1. The molecule has 26 heavy (non-hydrogen) atoms. The number of fused-ring (bicyclic) bond motifs is 1. The van der Waals surface area contributed by atoms with Gasteiger partial charge in [-0.3, -0.25) is 4.98 Å². The van der Waals surface area contributed by atoms with Crippen LogP contribution in [0.5, 0.6) is 11.5 Å². The Morgan fingerprint density at radius 1 is 1.04 bits per heavy atom. The highest BCUT2D eigenvalue weighted by Crippen LogP contribution is 2.32. The van der Waals surface area contributed by atoms with E-state index in [4.69, 9.17) is 9.47 Å². The second kappa shape index (κ2) is 7.45. The third-order valence-electron chi connectivity index (χ3n) is 3.98.